The average molecular weight is 388 g/mol. The van der Waals surface area contributed by atoms with Gasteiger partial charge in [0.25, 0.3) is 0 Å². The van der Waals surface area contributed by atoms with Crippen LogP contribution in [0.4, 0.5) is 0 Å². The van der Waals surface area contributed by atoms with Gasteiger partial charge in [-0.15, -0.1) is 11.7 Å². The number of nitrogens with zero attached hydrogens (tertiary/aromatic N) is 5. The largest absolute Gasteiger partial charge is 0.383 e. The summed E-state index contributed by atoms with van der Waals surface area (Å²) in [6.45, 7) is 7.01. The molecule has 3 saturated heterocycles. The quantitative estimate of drug-likeness (QED) is 0.753. The molecule has 4 fully saturated rings. The van der Waals surface area contributed by atoms with Crippen molar-refractivity contribution >= 4 is 5.91 Å². The molecule has 5 rings (SSSR count). The summed E-state index contributed by atoms with van der Waals surface area (Å²) in [6.07, 6.45) is 10.7. The summed E-state index contributed by atoms with van der Waals surface area (Å²) in [5, 5.41) is 19.5. The Morgan fingerprint density at radius 3 is 2.89 bits per heavy atom. The van der Waals surface area contributed by atoms with E-state index >= 15 is 0 Å². The van der Waals surface area contributed by atoms with Gasteiger partial charge in [0.1, 0.15) is 11.3 Å². The van der Waals surface area contributed by atoms with Crippen molar-refractivity contribution < 1.29 is 9.90 Å². The zero-order chi connectivity index (χ0) is 19.7. The number of aromatic nitrogens is 3. The second-order valence-electron chi connectivity index (χ2n) is 8.97. The maximum absolute atomic E-state index is 12.8. The van der Waals surface area contributed by atoms with Gasteiger partial charge in [0.05, 0.1) is 18.7 Å². The van der Waals surface area contributed by atoms with Crippen molar-refractivity contribution in [2.24, 2.45) is 11.8 Å². The summed E-state index contributed by atoms with van der Waals surface area (Å²) in [7, 11) is 1.87. The van der Waals surface area contributed by atoms with Crippen LogP contribution in [0.5, 0.6) is 0 Å². The average Bonchev–Trinajstić information content (AvgIpc) is 3.18. The fraction of sp³-hybridized carbons (Fsp3) is 0.762. The van der Waals surface area contributed by atoms with E-state index < -0.39 is 5.60 Å². The first-order valence-electron chi connectivity index (χ1n) is 10.7. The van der Waals surface area contributed by atoms with Crippen LogP contribution in [0.15, 0.2) is 18.9 Å². The second kappa shape index (κ2) is 7.95. The molecule has 1 aromatic heterocycles. The maximum Gasteiger partial charge on any atom is 0.227 e. The number of piperidine rings is 3. The van der Waals surface area contributed by atoms with Crippen molar-refractivity contribution in [2.75, 3.05) is 26.7 Å². The van der Waals surface area contributed by atoms with Crippen LogP contribution < -0.4 is 0 Å². The van der Waals surface area contributed by atoms with Crippen LogP contribution >= 0.6 is 0 Å². The Hall–Kier alpha value is -1.73. The highest BCUT2D eigenvalue weighted by Crippen LogP contribution is 2.38. The van der Waals surface area contributed by atoms with Crippen LogP contribution in [0.3, 0.4) is 0 Å². The van der Waals surface area contributed by atoms with Crippen LogP contribution in [0.25, 0.3) is 0 Å². The topological polar surface area (TPSA) is 74.5 Å². The number of aliphatic hydroxyl groups is 1. The van der Waals surface area contributed by atoms with Crippen molar-refractivity contribution in [3.05, 3.63) is 24.5 Å². The standard InChI is InChI=1S/C21H33N5O2/c1-3-10-24(2)20(27)18-14-25-11-7-16(18)12-17(25)13-26-15-19(22-23-26)21(28)8-5-4-6-9-21/h3,15-18,28H,1,4-14H2,2H3. The van der Waals surface area contributed by atoms with Crippen LogP contribution in [0.1, 0.15) is 50.6 Å². The van der Waals surface area contributed by atoms with Crippen molar-refractivity contribution in [3.63, 3.8) is 0 Å². The summed E-state index contributed by atoms with van der Waals surface area (Å²) < 4.78 is 1.90. The SMILES string of the molecule is C=CCN(C)C(=O)C1CN2CCC1CC2Cn1cc(C2(O)CCCCC2)nn1. The number of carbonyl (C=O) groups excluding carboxylic acids is 1. The molecule has 4 heterocycles. The lowest BCUT2D eigenvalue weighted by Gasteiger charge is -2.49. The van der Waals surface area contributed by atoms with E-state index in [0.29, 0.717) is 18.5 Å². The number of hydrogen-bond donors (Lipinski definition) is 1. The molecule has 1 saturated carbocycles. The van der Waals surface area contributed by atoms with Crippen LogP contribution in [0, 0.1) is 11.8 Å². The van der Waals surface area contributed by atoms with Gasteiger partial charge < -0.3 is 10.0 Å². The number of hydrogen-bond acceptors (Lipinski definition) is 5. The molecule has 4 atom stereocenters. The minimum Gasteiger partial charge on any atom is -0.383 e. The highest BCUT2D eigenvalue weighted by molar-refractivity contribution is 5.79. The molecule has 4 unspecified atom stereocenters. The zero-order valence-electron chi connectivity index (χ0n) is 17.0. The number of carbonyl (C=O) groups is 1. The normalized spacial score (nSPS) is 31.5. The Balaban J connectivity index is 1.39. The van der Waals surface area contributed by atoms with Gasteiger partial charge in [-0.2, -0.15) is 0 Å². The highest BCUT2D eigenvalue weighted by Gasteiger charge is 2.44. The van der Waals surface area contributed by atoms with E-state index in [0.717, 1.165) is 63.9 Å². The van der Waals surface area contributed by atoms with E-state index in [4.69, 9.17) is 0 Å². The molecule has 1 aromatic rings. The van der Waals surface area contributed by atoms with E-state index in [2.05, 4.69) is 21.8 Å². The molecule has 2 bridgehead atoms. The highest BCUT2D eigenvalue weighted by atomic mass is 16.3. The predicted octanol–water partition coefficient (Wildman–Crippen LogP) is 1.78. The summed E-state index contributed by atoms with van der Waals surface area (Å²) >= 11 is 0. The first-order chi connectivity index (χ1) is 13.5. The van der Waals surface area contributed by atoms with E-state index in [1.807, 2.05) is 17.9 Å². The maximum atomic E-state index is 12.8. The fourth-order valence-corrected chi connectivity index (χ4v) is 5.38. The monoisotopic (exact) mass is 387 g/mol. The Morgan fingerprint density at radius 2 is 2.21 bits per heavy atom. The molecular weight excluding hydrogens is 354 g/mol. The Labute approximate surface area is 167 Å². The van der Waals surface area contributed by atoms with E-state index in [-0.39, 0.29) is 11.8 Å². The third kappa shape index (κ3) is 3.74. The van der Waals surface area contributed by atoms with Crippen LogP contribution in [-0.2, 0) is 16.9 Å². The molecule has 28 heavy (non-hydrogen) atoms. The predicted molar refractivity (Wildman–Crippen MR) is 106 cm³/mol. The van der Waals surface area contributed by atoms with Gasteiger partial charge in [-0.1, -0.05) is 30.6 Å². The second-order valence-corrected chi connectivity index (χ2v) is 8.97. The minimum atomic E-state index is -0.796. The van der Waals surface area contributed by atoms with Crippen LogP contribution in [-0.4, -0.2) is 68.5 Å². The van der Waals surface area contributed by atoms with Gasteiger partial charge in [-0.3, -0.25) is 14.4 Å². The number of amides is 1. The summed E-state index contributed by atoms with van der Waals surface area (Å²) in [5.41, 5.74) is -0.0717. The van der Waals surface area contributed by atoms with Gasteiger partial charge in [0.2, 0.25) is 5.91 Å². The molecule has 3 aliphatic heterocycles. The molecule has 7 nitrogen and oxygen atoms in total. The molecule has 154 valence electrons. The molecule has 1 amide bonds. The lowest BCUT2D eigenvalue weighted by molar-refractivity contribution is -0.142. The molecular formula is C21H33N5O2. The van der Waals surface area contributed by atoms with Crippen molar-refractivity contribution in [2.45, 2.75) is 63.1 Å². The van der Waals surface area contributed by atoms with E-state index in [1.165, 1.54) is 6.42 Å². The molecule has 0 radical (unpaired) electrons. The zero-order valence-corrected chi connectivity index (χ0v) is 17.0. The molecule has 1 N–H and O–H groups in total. The van der Waals surface area contributed by atoms with Gasteiger partial charge in [0, 0.05) is 26.2 Å². The smallest absolute Gasteiger partial charge is 0.227 e. The molecule has 7 heteroatoms. The molecule has 1 aliphatic carbocycles. The van der Waals surface area contributed by atoms with Crippen molar-refractivity contribution in [1.82, 2.24) is 24.8 Å². The first kappa shape index (κ1) is 19.6. The molecule has 4 aliphatic rings. The summed E-state index contributed by atoms with van der Waals surface area (Å²) in [5.74, 6) is 0.792. The van der Waals surface area contributed by atoms with Crippen molar-refractivity contribution in [1.29, 1.82) is 0 Å². The van der Waals surface area contributed by atoms with Gasteiger partial charge in [0.15, 0.2) is 0 Å². The molecule has 0 aromatic carbocycles. The lowest BCUT2D eigenvalue weighted by Crippen LogP contribution is -2.58. The summed E-state index contributed by atoms with van der Waals surface area (Å²) in [4.78, 5) is 17.0. The Morgan fingerprint density at radius 1 is 1.43 bits per heavy atom. The number of rotatable bonds is 6. The molecule has 0 spiro atoms. The van der Waals surface area contributed by atoms with E-state index in [9.17, 15) is 9.90 Å². The lowest BCUT2D eigenvalue weighted by atomic mass is 9.75. The van der Waals surface area contributed by atoms with Crippen LogP contribution in [0.2, 0.25) is 0 Å². The Bertz CT molecular complexity index is 711. The Kier molecular flexibility index (Phi) is 5.56. The third-order valence-corrected chi connectivity index (χ3v) is 7.07. The number of fused-ring (bicyclic) bond motifs is 3. The van der Waals surface area contributed by atoms with Crippen molar-refractivity contribution in [3.8, 4) is 0 Å². The third-order valence-electron chi connectivity index (χ3n) is 7.07. The minimum absolute atomic E-state index is 0.101. The van der Waals surface area contributed by atoms with Gasteiger partial charge in [-0.25, -0.2) is 0 Å². The van der Waals surface area contributed by atoms with E-state index in [1.54, 1.807) is 11.0 Å². The fourth-order valence-electron chi connectivity index (χ4n) is 5.38. The van der Waals surface area contributed by atoms with Gasteiger partial charge in [-0.05, 0) is 38.1 Å². The first-order valence-corrected chi connectivity index (χ1v) is 10.7. The number of likely N-dealkylation sites (N-methyl/N-ethyl adjacent to an activating group) is 1. The summed E-state index contributed by atoms with van der Waals surface area (Å²) in [6, 6.07) is 0.392. The van der Waals surface area contributed by atoms with Gasteiger partial charge >= 0.3 is 0 Å².